The molecule has 0 saturated carbocycles. The quantitative estimate of drug-likeness (QED) is 0.648. The number of benzene rings is 2. The van der Waals surface area contributed by atoms with Crippen LogP contribution in [0.3, 0.4) is 0 Å². The highest BCUT2D eigenvalue weighted by Gasteiger charge is 2.27. The van der Waals surface area contributed by atoms with Crippen molar-refractivity contribution in [2.75, 3.05) is 13.1 Å². The lowest BCUT2D eigenvalue weighted by molar-refractivity contribution is 0.0955. The first-order valence-electron chi connectivity index (χ1n) is 8.47. The molecule has 0 atom stereocenters. The van der Waals surface area contributed by atoms with Gasteiger partial charge in [0.15, 0.2) is 0 Å². The van der Waals surface area contributed by atoms with Crippen LogP contribution in [0.2, 0.25) is 0 Å². The highest BCUT2D eigenvalue weighted by Crippen LogP contribution is 2.21. The van der Waals surface area contributed by atoms with Crippen molar-refractivity contribution in [1.29, 1.82) is 0 Å². The third-order valence-corrected chi connectivity index (χ3v) is 6.15. The Labute approximate surface area is 153 Å². The number of carbonyl (C=O) groups is 1. The first kappa shape index (κ1) is 18.3. The lowest BCUT2D eigenvalue weighted by Crippen LogP contribution is -2.28. The van der Waals surface area contributed by atoms with Crippen LogP contribution in [-0.4, -0.2) is 37.9 Å². The largest absolute Gasteiger partial charge is 0.271 e. The van der Waals surface area contributed by atoms with Gasteiger partial charge in [0.25, 0.3) is 5.91 Å². The van der Waals surface area contributed by atoms with Crippen molar-refractivity contribution >= 4 is 22.1 Å². The predicted octanol–water partition coefficient (Wildman–Crippen LogP) is 2.54. The molecule has 6 nitrogen and oxygen atoms in total. The van der Waals surface area contributed by atoms with Crippen LogP contribution in [-0.2, 0) is 10.0 Å². The Morgan fingerprint density at radius 1 is 1.12 bits per heavy atom. The van der Waals surface area contributed by atoms with E-state index in [4.69, 9.17) is 0 Å². The first-order valence-corrected chi connectivity index (χ1v) is 9.91. The smallest absolute Gasteiger partial charge is 0.267 e. The number of hydrogen-bond acceptors (Lipinski definition) is 4. The summed E-state index contributed by atoms with van der Waals surface area (Å²) in [5.74, 6) is -0.390. The summed E-state index contributed by atoms with van der Waals surface area (Å²) in [6.07, 6.45) is 3.34. The molecule has 1 aliphatic rings. The lowest BCUT2D eigenvalue weighted by atomic mass is 10.2. The lowest BCUT2D eigenvalue weighted by Gasteiger charge is -2.15. The van der Waals surface area contributed by atoms with E-state index in [0.717, 1.165) is 24.0 Å². The summed E-state index contributed by atoms with van der Waals surface area (Å²) in [5, 5.41) is 3.94. The van der Waals surface area contributed by atoms with Crippen LogP contribution in [0.1, 0.15) is 34.3 Å². The van der Waals surface area contributed by atoms with Crippen LogP contribution in [0, 0.1) is 6.92 Å². The molecule has 0 unspecified atom stereocenters. The van der Waals surface area contributed by atoms with E-state index in [1.165, 1.54) is 28.6 Å². The Balaban J connectivity index is 1.65. The third kappa shape index (κ3) is 4.17. The van der Waals surface area contributed by atoms with Crippen LogP contribution in [0.25, 0.3) is 0 Å². The summed E-state index contributed by atoms with van der Waals surface area (Å²) < 4.78 is 26.4. The van der Waals surface area contributed by atoms with Crippen molar-refractivity contribution in [2.45, 2.75) is 24.7 Å². The average molecular weight is 371 g/mol. The number of hydrazone groups is 1. The number of rotatable bonds is 5. The SMILES string of the molecule is Cc1cccc(/C=N\NC(=O)c2ccc(S(=O)(=O)N3CCCC3)cc2)c1. The van der Waals surface area contributed by atoms with E-state index in [9.17, 15) is 13.2 Å². The van der Waals surface area contributed by atoms with Crippen molar-refractivity contribution in [1.82, 2.24) is 9.73 Å². The molecule has 1 heterocycles. The van der Waals surface area contributed by atoms with Gasteiger partial charge in [0, 0.05) is 18.7 Å². The summed E-state index contributed by atoms with van der Waals surface area (Å²) in [6, 6.07) is 13.7. The summed E-state index contributed by atoms with van der Waals surface area (Å²) >= 11 is 0. The number of aryl methyl sites for hydroxylation is 1. The Bertz CT molecular complexity index is 915. The van der Waals surface area contributed by atoms with E-state index < -0.39 is 10.0 Å². The fraction of sp³-hybridized carbons (Fsp3) is 0.263. The average Bonchev–Trinajstić information content (AvgIpc) is 3.17. The fourth-order valence-electron chi connectivity index (χ4n) is 2.84. The van der Waals surface area contributed by atoms with Crippen molar-refractivity contribution in [3.63, 3.8) is 0 Å². The molecule has 2 aromatic carbocycles. The predicted molar refractivity (Wildman–Crippen MR) is 101 cm³/mol. The second kappa shape index (κ2) is 7.80. The van der Waals surface area contributed by atoms with Crippen LogP contribution in [0.4, 0.5) is 0 Å². The normalized spacial score (nSPS) is 15.4. The standard InChI is InChI=1S/C19H21N3O3S/c1-15-5-4-6-16(13-15)14-20-21-19(23)17-7-9-18(10-8-17)26(24,25)22-11-2-3-12-22/h4-10,13-14H,2-3,11-12H2,1H3,(H,21,23)/b20-14-. The van der Waals surface area contributed by atoms with Gasteiger partial charge in [0.05, 0.1) is 11.1 Å². The summed E-state index contributed by atoms with van der Waals surface area (Å²) in [7, 11) is -3.47. The molecule has 1 fully saturated rings. The number of hydrogen-bond donors (Lipinski definition) is 1. The Kier molecular flexibility index (Phi) is 5.49. The molecule has 1 saturated heterocycles. The van der Waals surface area contributed by atoms with E-state index in [0.29, 0.717) is 18.7 Å². The van der Waals surface area contributed by atoms with Gasteiger partial charge in [-0.25, -0.2) is 13.8 Å². The van der Waals surface area contributed by atoms with Crippen molar-refractivity contribution < 1.29 is 13.2 Å². The monoisotopic (exact) mass is 371 g/mol. The minimum Gasteiger partial charge on any atom is -0.267 e. The maximum Gasteiger partial charge on any atom is 0.271 e. The zero-order valence-electron chi connectivity index (χ0n) is 14.6. The molecule has 0 aromatic heterocycles. The second-order valence-electron chi connectivity index (χ2n) is 6.25. The van der Waals surface area contributed by atoms with Crippen molar-refractivity contribution in [2.24, 2.45) is 5.10 Å². The molecule has 0 radical (unpaired) electrons. The number of nitrogens with one attached hydrogen (secondary N) is 1. The molecular formula is C19H21N3O3S. The number of sulfonamides is 1. The zero-order chi connectivity index (χ0) is 18.6. The van der Waals surface area contributed by atoms with E-state index in [1.54, 1.807) is 6.21 Å². The minimum absolute atomic E-state index is 0.208. The zero-order valence-corrected chi connectivity index (χ0v) is 15.4. The number of amides is 1. The summed E-state index contributed by atoms with van der Waals surface area (Å²) in [4.78, 5) is 12.3. The van der Waals surface area contributed by atoms with E-state index in [1.807, 2.05) is 31.2 Å². The molecule has 0 aliphatic carbocycles. The van der Waals surface area contributed by atoms with Gasteiger partial charge in [-0.2, -0.15) is 9.41 Å². The number of carbonyl (C=O) groups excluding carboxylic acids is 1. The van der Waals surface area contributed by atoms with E-state index >= 15 is 0 Å². The van der Waals surface area contributed by atoms with Crippen LogP contribution >= 0.6 is 0 Å². The highest BCUT2D eigenvalue weighted by molar-refractivity contribution is 7.89. The van der Waals surface area contributed by atoms with Gasteiger partial charge in [-0.1, -0.05) is 29.8 Å². The highest BCUT2D eigenvalue weighted by atomic mass is 32.2. The van der Waals surface area contributed by atoms with Crippen molar-refractivity contribution in [3.05, 3.63) is 65.2 Å². The molecule has 1 N–H and O–H groups in total. The molecule has 1 amide bonds. The van der Waals surface area contributed by atoms with Gasteiger partial charge in [-0.15, -0.1) is 0 Å². The molecule has 1 aliphatic heterocycles. The van der Waals surface area contributed by atoms with Crippen LogP contribution in [0.15, 0.2) is 58.5 Å². The molecule has 7 heteroatoms. The summed E-state index contributed by atoms with van der Waals surface area (Å²) in [5.41, 5.74) is 4.80. The molecule has 2 aromatic rings. The topological polar surface area (TPSA) is 78.8 Å². The Morgan fingerprint density at radius 3 is 2.46 bits per heavy atom. The fourth-order valence-corrected chi connectivity index (χ4v) is 4.35. The number of nitrogens with zero attached hydrogens (tertiary/aromatic N) is 2. The van der Waals surface area contributed by atoms with Crippen LogP contribution < -0.4 is 5.43 Å². The van der Waals surface area contributed by atoms with Crippen LogP contribution in [0.5, 0.6) is 0 Å². The minimum atomic E-state index is -3.47. The second-order valence-corrected chi connectivity index (χ2v) is 8.19. The maximum atomic E-state index is 12.5. The molecule has 0 bridgehead atoms. The van der Waals surface area contributed by atoms with Gasteiger partial charge in [-0.05, 0) is 49.6 Å². The van der Waals surface area contributed by atoms with Gasteiger partial charge < -0.3 is 0 Å². The summed E-state index contributed by atoms with van der Waals surface area (Å²) in [6.45, 7) is 3.09. The van der Waals surface area contributed by atoms with Gasteiger partial charge in [-0.3, -0.25) is 4.79 Å². The van der Waals surface area contributed by atoms with Crippen molar-refractivity contribution in [3.8, 4) is 0 Å². The first-order chi connectivity index (χ1) is 12.5. The molecule has 3 rings (SSSR count). The van der Waals surface area contributed by atoms with E-state index in [2.05, 4.69) is 10.5 Å². The molecular weight excluding hydrogens is 350 g/mol. The van der Waals surface area contributed by atoms with Gasteiger partial charge in [0.2, 0.25) is 10.0 Å². The Hall–Kier alpha value is -2.51. The van der Waals surface area contributed by atoms with Gasteiger partial charge >= 0.3 is 0 Å². The molecule has 136 valence electrons. The third-order valence-electron chi connectivity index (χ3n) is 4.24. The van der Waals surface area contributed by atoms with Gasteiger partial charge in [0.1, 0.15) is 0 Å². The maximum absolute atomic E-state index is 12.5. The molecule has 26 heavy (non-hydrogen) atoms. The van der Waals surface area contributed by atoms with E-state index in [-0.39, 0.29) is 10.8 Å². The molecule has 0 spiro atoms. The Morgan fingerprint density at radius 2 is 1.81 bits per heavy atom.